The molecular weight excluding hydrogens is 338 g/mol. The van der Waals surface area contributed by atoms with Crippen LogP contribution in [0.1, 0.15) is 36.3 Å². The molecule has 0 amide bonds. The number of hydrogen-bond donors (Lipinski definition) is 0. The molecule has 1 aromatic heterocycles. The summed E-state index contributed by atoms with van der Waals surface area (Å²) in [6.45, 7) is 0.496. The summed E-state index contributed by atoms with van der Waals surface area (Å²) in [5.74, 6) is 0.826. The molecule has 1 aromatic carbocycles. The van der Waals surface area contributed by atoms with Crippen LogP contribution in [0.5, 0.6) is 0 Å². The molecule has 1 aliphatic heterocycles. The van der Waals surface area contributed by atoms with Crippen molar-refractivity contribution in [1.29, 1.82) is 0 Å². The van der Waals surface area contributed by atoms with Gasteiger partial charge in [0.1, 0.15) is 0 Å². The molecule has 0 spiro atoms. The predicted octanol–water partition coefficient (Wildman–Crippen LogP) is 1.62. The van der Waals surface area contributed by atoms with Gasteiger partial charge in [0.2, 0.25) is 0 Å². The van der Waals surface area contributed by atoms with E-state index in [2.05, 4.69) is 15.5 Å². The van der Waals surface area contributed by atoms with Crippen LogP contribution in [0.4, 0.5) is 0 Å². The van der Waals surface area contributed by atoms with Gasteiger partial charge in [0.25, 0.3) is 0 Å². The Morgan fingerprint density at radius 3 is 2.91 bits per heavy atom. The fourth-order valence-electron chi connectivity index (χ4n) is 3.07. The zero-order valence-corrected chi connectivity index (χ0v) is 14.1. The standard InChI is InChI=1S/C14H16ClN5O2S/c1-19(7-14-16-17-18-20(14)10-3-4-10)12-8-23(21,22)13-5-2-9(15)6-11(12)13/h2,5-6,10,12H,3-4,7-8H2,1H3. The molecule has 2 aliphatic rings. The first-order valence-corrected chi connectivity index (χ1v) is 9.48. The Bertz CT molecular complexity index is 862. The van der Waals surface area contributed by atoms with E-state index in [1.54, 1.807) is 18.2 Å². The van der Waals surface area contributed by atoms with Gasteiger partial charge in [0, 0.05) is 5.02 Å². The van der Waals surface area contributed by atoms with Crippen molar-refractivity contribution in [1.82, 2.24) is 25.1 Å². The molecule has 1 saturated carbocycles. The molecule has 0 N–H and O–H groups in total. The first-order valence-electron chi connectivity index (χ1n) is 7.45. The van der Waals surface area contributed by atoms with Crippen molar-refractivity contribution in [3.8, 4) is 0 Å². The molecule has 0 bridgehead atoms. The van der Waals surface area contributed by atoms with Gasteiger partial charge in [-0.1, -0.05) is 11.6 Å². The fourth-order valence-corrected chi connectivity index (χ4v) is 5.11. The van der Waals surface area contributed by atoms with Crippen LogP contribution < -0.4 is 0 Å². The van der Waals surface area contributed by atoms with Gasteiger partial charge in [0.15, 0.2) is 15.7 Å². The van der Waals surface area contributed by atoms with Gasteiger partial charge in [-0.05, 0) is 54.1 Å². The van der Waals surface area contributed by atoms with Crippen molar-refractivity contribution in [2.45, 2.75) is 36.4 Å². The topological polar surface area (TPSA) is 81.0 Å². The van der Waals surface area contributed by atoms with Gasteiger partial charge in [-0.3, -0.25) is 4.90 Å². The van der Waals surface area contributed by atoms with Crippen molar-refractivity contribution < 1.29 is 8.42 Å². The molecule has 23 heavy (non-hydrogen) atoms. The number of sulfone groups is 1. The summed E-state index contributed by atoms with van der Waals surface area (Å²) in [6.07, 6.45) is 2.19. The Hall–Kier alpha value is -1.51. The van der Waals surface area contributed by atoms with Crippen molar-refractivity contribution in [3.05, 3.63) is 34.6 Å². The second-order valence-corrected chi connectivity index (χ2v) is 8.60. The van der Waals surface area contributed by atoms with Crippen LogP contribution in [-0.4, -0.2) is 46.3 Å². The summed E-state index contributed by atoms with van der Waals surface area (Å²) in [6, 6.07) is 5.11. The van der Waals surface area contributed by atoms with E-state index in [1.807, 2.05) is 16.6 Å². The van der Waals surface area contributed by atoms with Crippen molar-refractivity contribution in [3.63, 3.8) is 0 Å². The van der Waals surface area contributed by atoms with Crippen molar-refractivity contribution in [2.24, 2.45) is 0 Å². The largest absolute Gasteiger partial charge is 0.291 e. The maximum atomic E-state index is 12.4. The zero-order valence-electron chi connectivity index (χ0n) is 12.6. The monoisotopic (exact) mass is 353 g/mol. The number of fused-ring (bicyclic) bond motifs is 1. The molecule has 2 heterocycles. The Balaban J connectivity index is 1.63. The maximum absolute atomic E-state index is 12.4. The third kappa shape index (κ3) is 2.64. The van der Waals surface area contributed by atoms with Crippen molar-refractivity contribution in [2.75, 3.05) is 12.8 Å². The summed E-state index contributed by atoms with van der Waals surface area (Å²) in [7, 11) is -1.38. The molecular formula is C14H16ClN5O2S. The molecule has 0 radical (unpaired) electrons. The van der Waals surface area contributed by atoms with Gasteiger partial charge in [0.05, 0.1) is 29.3 Å². The Morgan fingerprint density at radius 2 is 2.17 bits per heavy atom. The van der Waals surface area contributed by atoms with E-state index in [-0.39, 0.29) is 11.8 Å². The van der Waals surface area contributed by atoms with Crippen LogP contribution in [0.2, 0.25) is 5.02 Å². The lowest BCUT2D eigenvalue weighted by Gasteiger charge is -2.23. The number of nitrogens with zero attached hydrogens (tertiary/aromatic N) is 5. The quantitative estimate of drug-likeness (QED) is 0.830. The minimum absolute atomic E-state index is 0.0597. The minimum Gasteiger partial charge on any atom is -0.291 e. The number of benzene rings is 1. The van der Waals surface area contributed by atoms with Crippen LogP contribution in [-0.2, 0) is 16.4 Å². The summed E-state index contributed by atoms with van der Waals surface area (Å²) in [5, 5.41) is 12.4. The van der Waals surface area contributed by atoms with Gasteiger partial charge >= 0.3 is 0 Å². The third-order valence-corrected chi connectivity index (χ3v) is 6.45. The minimum atomic E-state index is -3.27. The SMILES string of the molecule is CN(Cc1nnnn1C1CC1)C1CS(=O)(=O)c2ccc(Cl)cc21. The lowest BCUT2D eigenvalue weighted by Crippen LogP contribution is -2.27. The van der Waals surface area contributed by atoms with E-state index in [9.17, 15) is 8.42 Å². The smallest absolute Gasteiger partial charge is 0.180 e. The van der Waals surface area contributed by atoms with Gasteiger partial charge < -0.3 is 0 Å². The molecule has 1 unspecified atom stereocenters. The number of hydrogen-bond acceptors (Lipinski definition) is 6. The highest BCUT2D eigenvalue weighted by Gasteiger charge is 2.38. The third-order valence-electron chi connectivity index (χ3n) is 4.42. The molecule has 1 aliphatic carbocycles. The molecule has 0 saturated heterocycles. The Kier molecular flexibility index (Phi) is 3.44. The molecule has 9 heteroatoms. The average molecular weight is 354 g/mol. The lowest BCUT2D eigenvalue weighted by atomic mass is 10.1. The van der Waals surface area contributed by atoms with Crippen LogP contribution >= 0.6 is 11.6 Å². The molecule has 122 valence electrons. The van der Waals surface area contributed by atoms with E-state index >= 15 is 0 Å². The van der Waals surface area contributed by atoms with E-state index < -0.39 is 9.84 Å². The van der Waals surface area contributed by atoms with Gasteiger partial charge in [-0.25, -0.2) is 13.1 Å². The first-order chi connectivity index (χ1) is 11.0. The van der Waals surface area contributed by atoms with Crippen LogP contribution in [0.15, 0.2) is 23.1 Å². The molecule has 4 rings (SSSR count). The average Bonchev–Trinajstić information content (AvgIpc) is 3.18. The normalized spacial score (nSPS) is 22.5. The van der Waals surface area contributed by atoms with Crippen molar-refractivity contribution >= 4 is 21.4 Å². The highest BCUT2D eigenvalue weighted by atomic mass is 35.5. The van der Waals surface area contributed by atoms with Gasteiger partial charge in [-0.15, -0.1) is 5.10 Å². The number of halogens is 1. The van der Waals surface area contributed by atoms with E-state index in [4.69, 9.17) is 11.6 Å². The summed E-state index contributed by atoms with van der Waals surface area (Å²) < 4.78 is 26.5. The van der Waals surface area contributed by atoms with E-state index in [0.29, 0.717) is 22.5 Å². The van der Waals surface area contributed by atoms with Crippen LogP contribution in [0.25, 0.3) is 0 Å². The Labute approximate surface area is 139 Å². The highest BCUT2D eigenvalue weighted by molar-refractivity contribution is 7.91. The molecule has 2 aromatic rings. The second-order valence-electron chi connectivity index (χ2n) is 6.17. The summed E-state index contributed by atoms with van der Waals surface area (Å²) in [5.41, 5.74) is 0.755. The van der Waals surface area contributed by atoms with Crippen LogP contribution in [0.3, 0.4) is 0 Å². The zero-order chi connectivity index (χ0) is 16.2. The summed E-state index contributed by atoms with van der Waals surface area (Å²) >= 11 is 6.05. The predicted molar refractivity (Wildman–Crippen MR) is 83.8 cm³/mol. The van der Waals surface area contributed by atoms with E-state index in [1.165, 1.54) is 0 Å². The Morgan fingerprint density at radius 1 is 1.39 bits per heavy atom. The first kappa shape index (κ1) is 15.0. The fraction of sp³-hybridized carbons (Fsp3) is 0.500. The molecule has 7 nitrogen and oxygen atoms in total. The van der Waals surface area contributed by atoms with Gasteiger partial charge in [-0.2, -0.15) is 0 Å². The number of tetrazole rings is 1. The number of rotatable bonds is 4. The second kappa shape index (κ2) is 5.25. The highest BCUT2D eigenvalue weighted by Crippen LogP contribution is 2.39. The summed E-state index contributed by atoms with van der Waals surface area (Å²) in [4.78, 5) is 2.35. The van der Waals surface area contributed by atoms with E-state index in [0.717, 1.165) is 24.2 Å². The lowest BCUT2D eigenvalue weighted by molar-refractivity contribution is 0.245. The van der Waals surface area contributed by atoms with Crippen LogP contribution in [0, 0.1) is 0 Å². The molecule has 1 atom stereocenters. The molecule has 1 fully saturated rings. The maximum Gasteiger partial charge on any atom is 0.180 e. The number of aromatic nitrogens is 4.